The molecule has 4 rings (SSSR count). The summed E-state index contributed by atoms with van der Waals surface area (Å²) in [5.74, 6) is 2.50. The summed E-state index contributed by atoms with van der Waals surface area (Å²) in [7, 11) is 0. The molecule has 1 aliphatic heterocycles. The smallest absolute Gasteiger partial charge is 0.154 e. The van der Waals surface area contributed by atoms with Crippen LogP contribution in [0.15, 0.2) is 30.3 Å². The molecule has 1 aliphatic carbocycles. The number of alkyl halides is 1. The summed E-state index contributed by atoms with van der Waals surface area (Å²) in [5, 5.41) is 4.75. The van der Waals surface area contributed by atoms with Crippen LogP contribution >= 0.6 is 11.6 Å². The number of hydrogen-bond acceptors (Lipinski definition) is 4. The minimum atomic E-state index is 0.00623. The fourth-order valence-electron chi connectivity index (χ4n) is 2.86. The molecule has 2 heterocycles. The highest BCUT2D eigenvalue weighted by Gasteiger charge is 2.34. The predicted molar refractivity (Wildman–Crippen MR) is 85.7 cm³/mol. The third-order valence-corrected chi connectivity index (χ3v) is 4.72. The van der Waals surface area contributed by atoms with Gasteiger partial charge in [0.05, 0.1) is 11.4 Å². The topological polar surface area (TPSA) is 54.8 Å². The number of nitrogens with zero attached hydrogens (tertiary/aromatic N) is 3. The molecule has 2 N–H and O–H groups in total. The molecule has 2 unspecified atom stereocenters. The van der Waals surface area contributed by atoms with Gasteiger partial charge in [-0.25, -0.2) is 15.1 Å². The van der Waals surface area contributed by atoms with Crippen molar-refractivity contribution in [3.63, 3.8) is 0 Å². The Morgan fingerprint density at radius 3 is 2.73 bits per heavy atom. The van der Waals surface area contributed by atoms with Crippen molar-refractivity contribution in [3.05, 3.63) is 47.5 Å². The van der Waals surface area contributed by atoms with Gasteiger partial charge in [-0.15, -0.1) is 11.6 Å². The molecule has 0 bridgehead atoms. The van der Waals surface area contributed by atoms with Crippen LogP contribution < -0.4 is 10.9 Å². The van der Waals surface area contributed by atoms with Crippen LogP contribution in [-0.2, 0) is 13.0 Å². The highest BCUT2D eigenvalue weighted by molar-refractivity contribution is 6.21. The maximum absolute atomic E-state index is 6.40. The van der Waals surface area contributed by atoms with E-state index in [1.54, 1.807) is 0 Å². The largest absolute Gasteiger partial charge is 0.256 e. The van der Waals surface area contributed by atoms with Gasteiger partial charge in [-0.05, 0) is 24.8 Å². The Morgan fingerprint density at radius 2 is 2.05 bits per heavy atom. The molecule has 2 aromatic rings. The second-order valence-electron chi connectivity index (χ2n) is 6.08. The first-order valence-electron chi connectivity index (χ1n) is 7.92. The Bertz CT molecular complexity index is 637. The molecule has 2 fully saturated rings. The molecule has 2 aliphatic rings. The first kappa shape index (κ1) is 14.2. The van der Waals surface area contributed by atoms with Crippen molar-refractivity contribution in [2.45, 2.75) is 43.1 Å². The average molecular weight is 318 g/mol. The lowest BCUT2D eigenvalue weighted by Crippen LogP contribution is -2.28. The molecule has 6 heteroatoms. The molecule has 5 nitrogen and oxygen atoms in total. The third kappa shape index (κ3) is 2.89. The van der Waals surface area contributed by atoms with E-state index in [1.807, 2.05) is 10.7 Å². The molecule has 0 spiro atoms. The summed E-state index contributed by atoms with van der Waals surface area (Å²) in [6, 6.07) is 10.5. The van der Waals surface area contributed by atoms with Crippen molar-refractivity contribution < 1.29 is 0 Å². The quantitative estimate of drug-likeness (QED) is 0.830. The lowest BCUT2D eigenvalue weighted by molar-refractivity contribution is 0.493. The van der Waals surface area contributed by atoms with Crippen molar-refractivity contribution >= 4 is 11.6 Å². The molecule has 1 saturated carbocycles. The van der Waals surface area contributed by atoms with Gasteiger partial charge in [0.15, 0.2) is 5.82 Å². The normalized spacial score (nSPS) is 24.8. The lowest BCUT2D eigenvalue weighted by Gasteiger charge is -2.13. The number of benzene rings is 1. The molecule has 1 aromatic carbocycles. The van der Waals surface area contributed by atoms with Gasteiger partial charge in [0.2, 0.25) is 0 Å². The number of aromatic nitrogens is 3. The van der Waals surface area contributed by atoms with Crippen LogP contribution in [0, 0.1) is 0 Å². The van der Waals surface area contributed by atoms with E-state index in [0.29, 0.717) is 5.92 Å². The number of aryl methyl sites for hydroxylation is 2. The molecule has 116 valence electrons. The summed E-state index contributed by atoms with van der Waals surface area (Å²) >= 11 is 6.40. The van der Waals surface area contributed by atoms with Crippen LogP contribution in [0.1, 0.15) is 42.0 Å². The van der Waals surface area contributed by atoms with E-state index in [0.717, 1.165) is 31.2 Å². The minimum Gasteiger partial charge on any atom is -0.256 e. The molecule has 2 atom stereocenters. The zero-order chi connectivity index (χ0) is 14.9. The Balaban J connectivity index is 1.56. The molecule has 1 saturated heterocycles. The average Bonchev–Trinajstić information content (AvgIpc) is 3.18. The van der Waals surface area contributed by atoms with Crippen LogP contribution in [0.5, 0.6) is 0 Å². The molecule has 22 heavy (non-hydrogen) atoms. The van der Waals surface area contributed by atoms with E-state index in [4.69, 9.17) is 21.7 Å². The summed E-state index contributed by atoms with van der Waals surface area (Å²) in [6.07, 6.45) is 3.37. The van der Waals surface area contributed by atoms with E-state index < -0.39 is 0 Å². The Kier molecular flexibility index (Phi) is 3.86. The summed E-state index contributed by atoms with van der Waals surface area (Å²) in [6.45, 7) is 1.58. The Labute approximate surface area is 135 Å². The van der Waals surface area contributed by atoms with E-state index in [9.17, 15) is 0 Å². The first-order chi connectivity index (χ1) is 10.8. The summed E-state index contributed by atoms with van der Waals surface area (Å²) in [5.41, 5.74) is 7.66. The van der Waals surface area contributed by atoms with Gasteiger partial charge in [0.25, 0.3) is 0 Å². The number of nitrogens with one attached hydrogen (secondary N) is 2. The summed E-state index contributed by atoms with van der Waals surface area (Å²) < 4.78 is 2.04. The number of hydrogen-bond donors (Lipinski definition) is 2. The van der Waals surface area contributed by atoms with Crippen molar-refractivity contribution in [1.29, 1.82) is 0 Å². The van der Waals surface area contributed by atoms with Crippen molar-refractivity contribution in [3.8, 4) is 0 Å². The number of halogens is 1. The van der Waals surface area contributed by atoms with Crippen LogP contribution in [0.25, 0.3) is 0 Å². The van der Waals surface area contributed by atoms with Crippen molar-refractivity contribution in [2.24, 2.45) is 0 Å². The molecule has 0 radical (unpaired) electrons. The minimum absolute atomic E-state index is 0.00623. The van der Waals surface area contributed by atoms with Crippen LogP contribution in [0.2, 0.25) is 0 Å². The number of hydrazine groups is 1. The lowest BCUT2D eigenvalue weighted by atomic mass is 10.1. The third-order valence-electron chi connectivity index (χ3n) is 4.31. The molecule has 1 aromatic heterocycles. The second kappa shape index (κ2) is 5.99. The standard InChI is InChI=1S/C16H20ClN5/c17-13-10-18-20-14(13)16-19-15(12-6-7-12)21-22(16)9-8-11-4-2-1-3-5-11/h1-5,12-14,18,20H,6-10H2. The van der Waals surface area contributed by atoms with Gasteiger partial charge in [-0.1, -0.05) is 30.3 Å². The molecular weight excluding hydrogens is 298 g/mol. The van der Waals surface area contributed by atoms with Crippen molar-refractivity contribution in [1.82, 2.24) is 25.6 Å². The van der Waals surface area contributed by atoms with Crippen molar-refractivity contribution in [2.75, 3.05) is 6.54 Å². The van der Waals surface area contributed by atoms with E-state index in [2.05, 4.69) is 35.1 Å². The van der Waals surface area contributed by atoms with Gasteiger partial charge in [0, 0.05) is 19.0 Å². The Hall–Kier alpha value is -1.43. The molecule has 0 amide bonds. The van der Waals surface area contributed by atoms with Gasteiger partial charge >= 0.3 is 0 Å². The maximum atomic E-state index is 6.40. The van der Waals surface area contributed by atoms with Gasteiger partial charge in [0.1, 0.15) is 5.82 Å². The van der Waals surface area contributed by atoms with Gasteiger partial charge in [-0.2, -0.15) is 5.10 Å². The zero-order valence-corrected chi connectivity index (χ0v) is 13.1. The van der Waals surface area contributed by atoms with E-state index >= 15 is 0 Å². The number of rotatable bonds is 5. The second-order valence-corrected chi connectivity index (χ2v) is 6.64. The maximum Gasteiger partial charge on any atom is 0.154 e. The monoisotopic (exact) mass is 317 g/mol. The molecular formula is C16H20ClN5. The van der Waals surface area contributed by atoms with Gasteiger partial charge < -0.3 is 0 Å². The highest BCUT2D eigenvalue weighted by Crippen LogP contribution is 2.38. The van der Waals surface area contributed by atoms with Crippen LogP contribution in [-0.4, -0.2) is 26.7 Å². The van der Waals surface area contributed by atoms with Crippen LogP contribution in [0.3, 0.4) is 0 Å². The fourth-order valence-corrected chi connectivity index (χ4v) is 3.11. The first-order valence-corrected chi connectivity index (χ1v) is 8.36. The van der Waals surface area contributed by atoms with Crippen LogP contribution in [0.4, 0.5) is 0 Å². The Morgan fingerprint density at radius 1 is 1.23 bits per heavy atom. The SMILES string of the molecule is ClC1CNNC1c1nc(C2CC2)nn1CCc1ccccc1. The predicted octanol–water partition coefficient (Wildman–Crippen LogP) is 2.15. The van der Waals surface area contributed by atoms with E-state index in [-0.39, 0.29) is 11.4 Å². The zero-order valence-electron chi connectivity index (χ0n) is 12.4. The fraction of sp³-hybridized carbons (Fsp3) is 0.500. The summed E-state index contributed by atoms with van der Waals surface area (Å²) in [4.78, 5) is 4.78. The van der Waals surface area contributed by atoms with E-state index in [1.165, 1.54) is 18.4 Å². The highest BCUT2D eigenvalue weighted by atomic mass is 35.5. The van der Waals surface area contributed by atoms with Gasteiger partial charge in [-0.3, -0.25) is 5.43 Å².